The zero-order chi connectivity index (χ0) is 19.8. The van der Waals surface area contributed by atoms with Crippen LogP contribution in [0.1, 0.15) is 27.7 Å². The first-order valence-electron chi connectivity index (χ1n) is 8.39. The minimum atomic E-state index is -3.49. The van der Waals surface area contributed by atoms with Crippen molar-refractivity contribution in [3.05, 3.63) is 17.5 Å². The summed E-state index contributed by atoms with van der Waals surface area (Å²) in [6, 6.07) is 3.25. The van der Waals surface area contributed by atoms with Gasteiger partial charge in [-0.1, -0.05) is 6.07 Å². The van der Waals surface area contributed by atoms with E-state index in [1.165, 1.54) is 11.3 Å². The van der Waals surface area contributed by atoms with Crippen LogP contribution in [0.3, 0.4) is 0 Å². The first-order chi connectivity index (χ1) is 12.0. The Morgan fingerprint density at radius 3 is 2.58 bits per heavy atom. The van der Waals surface area contributed by atoms with Crippen LogP contribution < -0.4 is 15.4 Å². The molecular weight excluding hydrogens is 374 g/mol. The van der Waals surface area contributed by atoms with Gasteiger partial charge in [0.05, 0.1) is 13.1 Å². The zero-order valence-electron chi connectivity index (χ0n) is 16.0. The van der Waals surface area contributed by atoms with Gasteiger partial charge in [-0.25, -0.2) is 13.1 Å². The molecule has 148 valence electrons. The van der Waals surface area contributed by atoms with Crippen LogP contribution >= 0.6 is 11.3 Å². The Labute approximate surface area is 160 Å². The van der Waals surface area contributed by atoms with Gasteiger partial charge in [-0.15, -0.1) is 11.3 Å². The number of guanidine groups is 1. The molecule has 0 spiro atoms. The van der Waals surface area contributed by atoms with Crippen LogP contribution in [0.15, 0.2) is 26.7 Å². The highest BCUT2D eigenvalue weighted by Gasteiger charge is 2.17. The van der Waals surface area contributed by atoms with E-state index in [1.54, 1.807) is 29.5 Å². The molecular formula is C16H29N5O3S2. The minimum Gasteiger partial charge on any atom is -0.357 e. The van der Waals surface area contributed by atoms with Crippen molar-refractivity contribution in [2.24, 2.45) is 4.99 Å². The fourth-order valence-electron chi connectivity index (χ4n) is 2.05. The van der Waals surface area contributed by atoms with Gasteiger partial charge < -0.3 is 15.5 Å². The molecule has 0 aliphatic carbocycles. The van der Waals surface area contributed by atoms with Gasteiger partial charge in [-0.05, 0) is 39.1 Å². The van der Waals surface area contributed by atoms with Gasteiger partial charge in [0, 0.05) is 25.7 Å². The highest BCUT2D eigenvalue weighted by atomic mass is 32.2. The normalized spacial score (nSPS) is 12.7. The average Bonchev–Trinajstić information content (AvgIpc) is 3.03. The van der Waals surface area contributed by atoms with Crippen LogP contribution in [0.2, 0.25) is 0 Å². The molecule has 0 saturated heterocycles. The van der Waals surface area contributed by atoms with Crippen LogP contribution in [0.25, 0.3) is 0 Å². The summed E-state index contributed by atoms with van der Waals surface area (Å²) in [7, 11) is -1.72. The average molecular weight is 404 g/mol. The summed E-state index contributed by atoms with van der Waals surface area (Å²) < 4.78 is 26.9. The fourth-order valence-corrected chi connectivity index (χ4v) is 4.11. The van der Waals surface area contributed by atoms with E-state index in [2.05, 4.69) is 20.3 Å². The lowest BCUT2D eigenvalue weighted by molar-refractivity contribution is -0.122. The third-order valence-corrected chi connectivity index (χ3v) is 5.88. The van der Waals surface area contributed by atoms with Gasteiger partial charge in [0.15, 0.2) is 5.96 Å². The molecule has 0 aromatic carbocycles. The van der Waals surface area contributed by atoms with E-state index >= 15 is 0 Å². The van der Waals surface area contributed by atoms with Gasteiger partial charge in [0.2, 0.25) is 15.9 Å². The molecule has 10 heteroatoms. The van der Waals surface area contributed by atoms with E-state index in [0.29, 0.717) is 12.5 Å². The van der Waals surface area contributed by atoms with Crippen molar-refractivity contribution in [3.63, 3.8) is 0 Å². The number of rotatable bonds is 8. The lowest BCUT2D eigenvalue weighted by Crippen LogP contribution is -2.48. The Hall–Kier alpha value is -1.65. The zero-order valence-corrected chi connectivity index (χ0v) is 17.6. The predicted molar refractivity (Wildman–Crippen MR) is 106 cm³/mol. The molecule has 0 bridgehead atoms. The van der Waals surface area contributed by atoms with Crippen LogP contribution in [0, 0.1) is 0 Å². The number of hydrogen-bond acceptors (Lipinski definition) is 5. The molecule has 0 unspecified atom stereocenters. The van der Waals surface area contributed by atoms with E-state index in [9.17, 15) is 13.2 Å². The molecule has 8 nitrogen and oxygen atoms in total. The van der Waals surface area contributed by atoms with Gasteiger partial charge in [0.25, 0.3) is 0 Å². The van der Waals surface area contributed by atoms with Crippen molar-refractivity contribution in [2.45, 2.75) is 37.4 Å². The number of thiophene rings is 1. The second-order valence-electron chi connectivity index (χ2n) is 6.72. The number of amides is 1. The number of nitrogens with zero attached hydrogens (tertiary/aromatic N) is 2. The SMILES string of the molecule is CCNC(=NCCNS(=O)(=O)c1cccs1)N(C)CC(=O)NC(C)(C)C. The molecule has 0 fully saturated rings. The summed E-state index contributed by atoms with van der Waals surface area (Å²) >= 11 is 1.17. The predicted octanol–water partition coefficient (Wildman–Crippen LogP) is 0.838. The molecule has 0 atom stereocenters. The molecule has 26 heavy (non-hydrogen) atoms. The number of sulfonamides is 1. The Kier molecular flexibility index (Phi) is 8.51. The number of aliphatic imine (C=N–C) groups is 1. The molecule has 0 radical (unpaired) electrons. The largest absolute Gasteiger partial charge is 0.357 e. The van der Waals surface area contributed by atoms with Crippen LogP contribution in [-0.2, 0) is 14.8 Å². The third kappa shape index (κ3) is 8.15. The highest BCUT2D eigenvalue weighted by Crippen LogP contribution is 2.14. The Balaban J connectivity index is 2.58. The molecule has 1 aromatic heterocycles. The number of carbonyl (C=O) groups is 1. The number of nitrogens with one attached hydrogen (secondary N) is 3. The number of carbonyl (C=O) groups excluding carboxylic acids is 1. The maximum Gasteiger partial charge on any atom is 0.250 e. The molecule has 1 amide bonds. The minimum absolute atomic E-state index is 0.107. The quantitative estimate of drug-likeness (QED) is 0.339. The molecule has 1 rings (SSSR count). The maximum atomic E-state index is 12.0. The molecule has 1 aromatic rings. The summed E-state index contributed by atoms with van der Waals surface area (Å²) in [6.07, 6.45) is 0. The number of hydrogen-bond donors (Lipinski definition) is 3. The van der Waals surface area contributed by atoms with Crippen molar-refractivity contribution >= 4 is 33.2 Å². The second-order valence-corrected chi connectivity index (χ2v) is 9.66. The smallest absolute Gasteiger partial charge is 0.250 e. The molecule has 0 aliphatic rings. The van der Waals surface area contributed by atoms with Crippen molar-refractivity contribution in [2.75, 3.05) is 33.2 Å². The lowest BCUT2D eigenvalue weighted by atomic mass is 10.1. The highest BCUT2D eigenvalue weighted by molar-refractivity contribution is 7.91. The summed E-state index contributed by atoms with van der Waals surface area (Å²) in [5.74, 6) is 0.441. The summed E-state index contributed by atoms with van der Waals surface area (Å²) in [4.78, 5) is 18.1. The third-order valence-electron chi connectivity index (χ3n) is 3.02. The second kappa shape index (κ2) is 9.89. The van der Waals surface area contributed by atoms with Crippen LogP contribution in [-0.4, -0.2) is 64.0 Å². The lowest BCUT2D eigenvalue weighted by Gasteiger charge is -2.25. The van der Waals surface area contributed by atoms with Crippen LogP contribution in [0.5, 0.6) is 0 Å². The van der Waals surface area contributed by atoms with Crippen molar-refractivity contribution in [1.82, 2.24) is 20.3 Å². The molecule has 3 N–H and O–H groups in total. The van der Waals surface area contributed by atoms with E-state index in [4.69, 9.17) is 0 Å². The summed E-state index contributed by atoms with van der Waals surface area (Å²) in [6.45, 7) is 8.93. The van der Waals surface area contributed by atoms with E-state index in [-0.39, 0.29) is 35.3 Å². The first-order valence-corrected chi connectivity index (χ1v) is 10.7. The van der Waals surface area contributed by atoms with Crippen molar-refractivity contribution in [3.8, 4) is 0 Å². The van der Waals surface area contributed by atoms with E-state index in [1.807, 2.05) is 27.7 Å². The standard InChI is InChI=1S/C16H29N5O3S2/c1-6-17-15(21(5)12-13(22)20-16(2,3)4)18-9-10-19-26(23,24)14-8-7-11-25-14/h7-8,11,19H,6,9-10,12H2,1-5H3,(H,17,18)(H,20,22). The van der Waals surface area contributed by atoms with Gasteiger partial charge in [0.1, 0.15) is 4.21 Å². The van der Waals surface area contributed by atoms with Gasteiger partial charge >= 0.3 is 0 Å². The van der Waals surface area contributed by atoms with Crippen molar-refractivity contribution in [1.29, 1.82) is 0 Å². The molecule has 0 aliphatic heterocycles. The Morgan fingerprint density at radius 2 is 2.04 bits per heavy atom. The van der Waals surface area contributed by atoms with E-state index in [0.717, 1.165) is 0 Å². The first kappa shape index (κ1) is 22.4. The van der Waals surface area contributed by atoms with Crippen molar-refractivity contribution < 1.29 is 13.2 Å². The number of likely N-dealkylation sites (N-methyl/N-ethyl adjacent to an activating group) is 1. The Morgan fingerprint density at radius 1 is 1.35 bits per heavy atom. The van der Waals surface area contributed by atoms with Gasteiger partial charge in [-0.2, -0.15) is 0 Å². The Bertz CT molecular complexity index is 694. The fraction of sp³-hybridized carbons (Fsp3) is 0.625. The van der Waals surface area contributed by atoms with Gasteiger partial charge in [-0.3, -0.25) is 9.79 Å². The monoisotopic (exact) mass is 403 g/mol. The molecule has 1 heterocycles. The maximum absolute atomic E-state index is 12.0. The van der Waals surface area contributed by atoms with E-state index < -0.39 is 10.0 Å². The molecule has 0 saturated carbocycles. The topological polar surface area (TPSA) is 103 Å². The van der Waals surface area contributed by atoms with Crippen LogP contribution in [0.4, 0.5) is 0 Å². The summed E-state index contributed by atoms with van der Waals surface area (Å²) in [5.41, 5.74) is -0.298. The summed E-state index contributed by atoms with van der Waals surface area (Å²) in [5, 5.41) is 7.71.